The Labute approximate surface area is 277 Å². The van der Waals surface area contributed by atoms with Crippen LogP contribution >= 0.6 is 0 Å². The molecule has 3 heterocycles. The minimum absolute atomic E-state index is 0.271. The first kappa shape index (κ1) is 33.5. The second-order valence-corrected chi connectivity index (χ2v) is 12.5. The zero-order valence-corrected chi connectivity index (χ0v) is 28.1. The standard InChI is InChI=1S/C39H46FN7/c1-8-28(22-32(9-2)42-26(5)29-15-11-12-16-29)25(4)18-33-35(10-3)45-46-38(33)39-43-36-24-41-23-34(37(36)44-39)30-19-27(20-31(40)21-30)14-13-17-47(6)7/h8-10,18-24,29,42,45H,2,4-5,11-17H2,1,3,6-7H3,(H,43,44)/b28-8+,32-22+,33-18+,35-10+. The average Bonchev–Trinajstić information content (AvgIpc) is 3.82. The lowest BCUT2D eigenvalue weighted by Gasteiger charge is -2.16. The molecular formula is C39H46FN7. The average molecular weight is 632 g/mol. The molecule has 1 aliphatic rings. The predicted molar refractivity (Wildman–Crippen MR) is 193 cm³/mol. The van der Waals surface area contributed by atoms with Gasteiger partial charge in [0.25, 0.3) is 0 Å². The van der Waals surface area contributed by atoms with E-state index in [1.807, 2.05) is 64.4 Å². The maximum atomic E-state index is 14.8. The lowest BCUT2D eigenvalue weighted by molar-refractivity contribution is 0.400. The molecule has 0 amide bonds. The number of allylic oxidation sites excluding steroid dienone is 6. The van der Waals surface area contributed by atoms with Crippen LogP contribution in [0.15, 0.2) is 91.1 Å². The van der Waals surface area contributed by atoms with Crippen molar-refractivity contribution in [2.24, 2.45) is 5.92 Å². The largest absolute Gasteiger partial charge is 0.359 e. The van der Waals surface area contributed by atoms with Crippen molar-refractivity contribution in [3.05, 3.63) is 113 Å². The highest BCUT2D eigenvalue weighted by Gasteiger charge is 2.19. The molecular weight excluding hydrogens is 585 g/mol. The molecule has 0 radical (unpaired) electrons. The molecule has 0 spiro atoms. The van der Waals surface area contributed by atoms with Crippen LogP contribution in [-0.4, -0.2) is 50.7 Å². The first-order chi connectivity index (χ1) is 22.7. The first-order valence-corrected chi connectivity index (χ1v) is 16.4. The lowest BCUT2D eigenvalue weighted by atomic mass is 10.0. The number of H-pyrrole nitrogens is 2. The maximum Gasteiger partial charge on any atom is 0.159 e. The molecule has 3 aromatic heterocycles. The summed E-state index contributed by atoms with van der Waals surface area (Å²) in [5.74, 6) is 0.806. The maximum absolute atomic E-state index is 14.8. The number of hydrogen-bond acceptors (Lipinski definition) is 5. The van der Waals surface area contributed by atoms with Gasteiger partial charge in [0.1, 0.15) is 11.5 Å². The molecule has 4 aromatic rings. The number of nitrogens with one attached hydrogen (secondary N) is 3. The minimum atomic E-state index is -0.271. The highest BCUT2D eigenvalue weighted by atomic mass is 19.1. The van der Waals surface area contributed by atoms with Gasteiger partial charge in [-0.2, -0.15) is 5.10 Å². The third-order valence-electron chi connectivity index (χ3n) is 8.76. The van der Waals surface area contributed by atoms with Crippen molar-refractivity contribution < 1.29 is 4.39 Å². The number of rotatable bonds is 13. The van der Waals surface area contributed by atoms with E-state index in [-0.39, 0.29) is 5.82 Å². The van der Waals surface area contributed by atoms with E-state index in [1.54, 1.807) is 24.5 Å². The van der Waals surface area contributed by atoms with Crippen LogP contribution in [-0.2, 0) is 6.42 Å². The highest BCUT2D eigenvalue weighted by Crippen LogP contribution is 2.31. The molecule has 1 aliphatic carbocycles. The van der Waals surface area contributed by atoms with Crippen molar-refractivity contribution in [1.82, 2.24) is 35.4 Å². The fraction of sp³-hybridized carbons (Fsp3) is 0.308. The van der Waals surface area contributed by atoms with Crippen LogP contribution in [0, 0.1) is 11.7 Å². The number of nitrogens with zero attached hydrogens (tertiary/aromatic N) is 4. The summed E-state index contributed by atoms with van der Waals surface area (Å²) in [7, 11) is 4.09. The third-order valence-corrected chi connectivity index (χ3v) is 8.76. The monoisotopic (exact) mass is 631 g/mol. The topological polar surface area (TPSA) is 85.5 Å². The molecule has 3 N–H and O–H groups in total. The summed E-state index contributed by atoms with van der Waals surface area (Å²) >= 11 is 0. The van der Waals surface area contributed by atoms with Crippen molar-refractivity contribution in [2.45, 2.75) is 52.4 Å². The van der Waals surface area contributed by atoms with Gasteiger partial charge in [-0.1, -0.05) is 50.8 Å². The van der Waals surface area contributed by atoms with Crippen LogP contribution in [0.5, 0.6) is 0 Å². The molecule has 5 rings (SSSR count). The Morgan fingerprint density at radius 3 is 2.62 bits per heavy atom. The number of hydrogen-bond donors (Lipinski definition) is 3. The zero-order chi connectivity index (χ0) is 33.5. The van der Waals surface area contributed by atoms with E-state index in [1.165, 1.54) is 25.7 Å². The normalized spacial score (nSPS) is 15.3. The van der Waals surface area contributed by atoms with Crippen LogP contribution < -0.4 is 15.9 Å². The molecule has 1 saturated carbocycles. The van der Waals surface area contributed by atoms with Gasteiger partial charge in [-0.15, -0.1) is 0 Å². The molecule has 47 heavy (non-hydrogen) atoms. The number of benzene rings is 1. The number of aromatic amines is 2. The van der Waals surface area contributed by atoms with Crippen LogP contribution in [0.2, 0.25) is 0 Å². The van der Waals surface area contributed by atoms with Crippen molar-refractivity contribution in [1.29, 1.82) is 0 Å². The summed E-state index contributed by atoms with van der Waals surface area (Å²) in [6.07, 6.45) is 19.9. The molecule has 1 aromatic carbocycles. The van der Waals surface area contributed by atoms with Crippen LogP contribution in [0.25, 0.3) is 45.8 Å². The molecule has 7 nitrogen and oxygen atoms in total. The van der Waals surface area contributed by atoms with E-state index in [0.717, 1.165) is 74.7 Å². The van der Waals surface area contributed by atoms with Crippen LogP contribution in [0.3, 0.4) is 0 Å². The summed E-state index contributed by atoms with van der Waals surface area (Å²) in [5.41, 5.74) is 8.24. The van der Waals surface area contributed by atoms with Crippen molar-refractivity contribution in [3.63, 3.8) is 0 Å². The first-order valence-electron chi connectivity index (χ1n) is 16.4. The second kappa shape index (κ2) is 15.2. The van der Waals surface area contributed by atoms with Gasteiger partial charge in [0, 0.05) is 28.4 Å². The molecule has 0 saturated heterocycles. The van der Waals surface area contributed by atoms with Crippen LogP contribution in [0.1, 0.15) is 51.5 Å². The fourth-order valence-corrected chi connectivity index (χ4v) is 6.21. The molecule has 8 heteroatoms. The second-order valence-electron chi connectivity index (χ2n) is 12.5. The summed E-state index contributed by atoms with van der Waals surface area (Å²) in [5, 5.41) is 13.0. The minimum Gasteiger partial charge on any atom is -0.359 e. The van der Waals surface area contributed by atoms with Crippen LogP contribution in [0.4, 0.5) is 4.39 Å². The lowest BCUT2D eigenvalue weighted by Crippen LogP contribution is -2.24. The van der Waals surface area contributed by atoms with Gasteiger partial charge in [-0.3, -0.25) is 10.1 Å². The van der Waals surface area contributed by atoms with Gasteiger partial charge in [-0.05, 0) is 119 Å². The Balaban J connectivity index is 1.49. The Hall–Kier alpha value is -4.82. The molecule has 1 fully saturated rings. The summed E-state index contributed by atoms with van der Waals surface area (Å²) in [4.78, 5) is 15.0. The van der Waals surface area contributed by atoms with Gasteiger partial charge in [0.2, 0.25) is 0 Å². The van der Waals surface area contributed by atoms with Crippen molar-refractivity contribution in [2.75, 3.05) is 20.6 Å². The highest BCUT2D eigenvalue weighted by molar-refractivity contribution is 5.92. The Bertz CT molecular complexity index is 1970. The third kappa shape index (κ3) is 7.95. The smallest absolute Gasteiger partial charge is 0.159 e. The molecule has 0 unspecified atom stereocenters. The molecule has 244 valence electrons. The number of aromatic nitrogens is 5. The van der Waals surface area contributed by atoms with Gasteiger partial charge >= 0.3 is 0 Å². The number of pyridine rings is 1. The van der Waals surface area contributed by atoms with Gasteiger partial charge in [0.15, 0.2) is 5.82 Å². The Kier molecular flexibility index (Phi) is 10.8. The quantitative estimate of drug-likeness (QED) is 0.137. The predicted octanol–water partition coefficient (Wildman–Crippen LogP) is 7.10. The fourth-order valence-electron chi connectivity index (χ4n) is 6.21. The summed E-state index contributed by atoms with van der Waals surface area (Å²) < 4.78 is 14.8. The van der Waals surface area contributed by atoms with Gasteiger partial charge in [-0.25, -0.2) is 9.37 Å². The van der Waals surface area contributed by atoms with E-state index < -0.39 is 0 Å². The zero-order valence-electron chi connectivity index (χ0n) is 28.1. The Morgan fingerprint density at radius 2 is 1.91 bits per heavy atom. The number of imidazole rings is 1. The van der Waals surface area contributed by atoms with E-state index in [0.29, 0.717) is 23.0 Å². The number of halogens is 1. The van der Waals surface area contributed by atoms with Crippen molar-refractivity contribution in [3.8, 4) is 22.6 Å². The van der Waals surface area contributed by atoms with E-state index >= 15 is 0 Å². The van der Waals surface area contributed by atoms with E-state index in [9.17, 15) is 4.39 Å². The number of aryl methyl sites for hydroxylation is 1. The summed E-state index contributed by atoms with van der Waals surface area (Å²) in [6, 6.07) is 5.19. The van der Waals surface area contributed by atoms with E-state index in [4.69, 9.17) is 4.98 Å². The SMILES string of the molecule is C=C/C(=C\C(=C/C)C(=C)/C=c1/c(-c2nc3c(-c4cc(F)cc(CCCN(C)C)c4)cncc3[nH]2)n[nH]/c1=C/C)NC(=C)C1CCCC1. The molecule has 0 aliphatic heterocycles. The molecule has 0 bridgehead atoms. The van der Waals surface area contributed by atoms with E-state index in [2.05, 4.69) is 50.1 Å². The van der Waals surface area contributed by atoms with Gasteiger partial charge < -0.3 is 15.2 Å². The Morgan fingerprint density at radius 1 is 1.13 bits per heavy atom. The summed E-state index contributed by atoms with van der Waals surface area (Å²) in [6.45, 7) is 17.6. The molecule has 0 atom stereocenters. The number of fused-ring (bicyclic) bond motifs is 1. The van der Waals surface area contributed by atoms with Gasteiger partial charge in [0.05, 0.1) is 22.6 Å². The van der Waals surface area contributed by atoms with Crippen molar-refractivity contribution >= 4 is 23.2 Å².